The summed E-state index contributed by atoms with van der Waals surface area (Å²) in [6.45, 7) is 2.60. The van der Waals surface area contributed by atoms with Gasteiger partial charge in [0.1, 0.15) is 29.0 Å². The smallest absolute Gasteiger partial charge is 0.338 e. The fourth-order valence-electron chi connectivity index (χ4n) is 4.16. The van der Waals surface area contributed by atoms with Crippen LogP contribution < -0.4 is 10.6 Å². The number of hydrogen-bond acceptors (Lipinski definition) is 7. The maximum absolute atomic E-state index is 14.5. The molecule has 1 saturated heterocycles. The van der Waals surface area contributed by atoms with Crippen molar-refractivity contribution < 1.29 is 33.7 Å². The van der Waals surface area contributed by atoms with Crippen molar-refractivity contribution in [2.24, 2.45) is 0 Å². The van der Waals surface area contributed by atoms with Gasteiger partial charge in [-0.05, 0) is 74.3 Å². The van der Waals surface area contributed by atoms with E-state index in [0.29, 0.717) is 25.1 Å². The monoisotopic (exact) mass is 506 g/mol. The summed E-state index contributed by atoms with van der Waals surface area (Å²) in [5.74, 6) is -2.89. The van der Waals surface area contributed by atoms with E-state index in [1.165, 1.54) is 67.6 Å². The Labute approximate surface area is 213 Å². The van der Waals surface area contributed by atoms with Gasteiger partial charge >= 0.3 is 5.97 Å². The number of carbonyl (C=O) groups is 3. The topological polar surface area (TPSA) is 125 Å². The summed E-state index contributed by atoms with van der Waals surface area (Å²) in [6.07, 6.45) is 0.674. The molecular formula is C28H27FN2O6. The summed E-state index contributed by atoms with van der Waals surface area (Å²) >= 11 is 0. The molecule has 4 N–H and O–H groups in total. The van der Waals surface area contributed by atoms with Crippen molar-refractivity contribution in [1.29, 1.82) is 0 Å². The Morgan fingerprint density at radius 3 is 2.30 bits per heavy atom. The van der Waals surface area contributed by atoms with Gasteiger partial charge in [0.05, 0.1) is 11.6 Å². The van der Waals surface area contributed by atoms with Crippen LogP contribution in [-0.4, -0.2) is 53.1 Å². The van der Waals surface area contributed by atoms with Gasteiger partial charge in [-0.1, -0.05) is 18.2 Å². The Hall–Kier alpha value is -4.24. The first kappa shape index (κ1) is 25.8. The highest BCUT2D eigenvalue weighted by Crippen LogP contribution is 2.26. The number of carbonyl (C=O) groups excluding carboxylic acids is 3. The summed E-state index contributed by atoms with van der Waals surface area (Å²) in [7, 11) is 0. The van der Waals surface area contributed by atoms with Crippen molar-refractivity contribution in [3.63, 3.8) is 0 Å². The fraction of sp³-hybridized carbons (Fsp3) is 0.250. The van der Waals surface area contributed by atoms with Gasteiger partial charge in [-0.15, -0.1) is 0 Å². The maximum atomic E-state index is 14.5. The standard InChI is InChI=1S/C28H27FN2O6/c1-16-4-13-22(33)24(25(16)29)26(34)17-5-7-19(8-6-17)28(36)37-23-3-2-14-30-15-21(23)31-27(35)18-9-11-20(32)12-10-18/h4-13,21,23,30,32-33H,2-3,14-15H2,1H3,(H,31,35)/t21-,23-/m1/s1. The number of esters is 1. The van der Waals surface area contributed by atoms with Crippen LogP contribution in [0.1, 0.15) is 55.0 Å². The first-order valence-electron chi connectivity index (χ1n) is 11.9. The minimum Gasteiger partial charge on any atom is -0.508 e. The Balaban J connectivity index is 1.46. The van der Waals surface area contributed by atoms with Crippen LogP contribution in [0.2, 0.25) is 0 Å². The van der Waals surface area contributed by atoms with Gasteiger partial charge in [0.15, 0.2) is 5.78 Å². The molecule has 0 saturated carbocycles. The molecule has 0 unspecified atom stereocenters. The van der Waals surface area contributed by atoms with Crippen molar-refractivity contribution in [2.75, 3.05) is 13.1 Å². The Morgan fingerprint density at radius 1 is 0.946 bits per heavy atom. The highest BCUT2D eigenvalue weighted by molar-refractivity contribution is 6.11. The van der Waals surface area contributed by atoms with Gasteiger partial charge in [-0.3, -0.25) is 9.59 Å². The van der Waals surface area contributed by atoms with E-state index in [0.717, 1.165) is 6.42 Å². The van der Waals surface area contributed by atoms with Gasteiger partial charge < -0.3 is 25.6 Å². The third-order valence-electron chi connectivity index (χ3n) is 6.28. The minimum atomic E-state index is -0.796. The van der Waals surface area contributed by atoms with Gasteiger partial charge in [0.25, 0.3) is 5.91 Å². The summed E-state index contributed by atoms with van der Waals surface area (Å²) in [6, 6.07) is 13.5. The second-order valence-electron chi connectivity index (χ2n) is 8.91. The van der Waals surface area contributed by atoms with Crippen LogP contribution in [0.15, 0.2) is 60.7 Å². The first-order valence-corrected chi connectivity index (χ1v) is 11.9. The molecule has 1 fully saturated rings. The van der Waals surface area contributed by atoms with E-state index >= 15 is 0 Å². The number of hydrogen-bond donors (Lipinski definition) is 4. The molecule has 8 nitrogen and oxygen atoms in total. The molecule has 1 aliphatic heterocycles. The Bertz CT molecular complexity index is 1310. The van der Waals surface area contributed by atoms with E-state index in [-0.39, 0.29) is 28.3 Å². The maximum Gasteiger partial charge on any atom is 0.338 e. The van der Waals surface area contributed by atoms with Crippen molar-refractivity contribution in [3.8, 4) is 11.5 Å². The van der Waals surface area contributed by atoms with Crippen LogP contribution in [0.4, 0.5) is 4.39 Å². The van der Waals surface area contributed by atoms with Crippen LogP contribution in [0.25, 0.3) is 0 Å². The van der Waals surface area contributed by atoms with Gasteiger partial charge in [0.2, 0.25) is 0 Å². The number of phenolic OH excluding ortho intramolecular Hbond substituents is 2. The highest BCUT2D eigenvalue weighted by atomic mass is 19.1. The molecule has 37 heavy (non-hydrogen) atoms. The number of benzene rings is 3. The van der Waals surface area contributed by atoms with Crippen LogP contribution in [0.3, 0.4) is 0 Å². The lowest BCUT2D eigenvalue weighted by molar-refractivity contribution is 0.0192. The number of aryl methyl sites for hydroxylation is 1. The van der Waals surface area contributed by atoms with Crippen LogP contribution in [0, 0.1) is 12.7 Å². The second kappa shape index (κ2) is 11.2. The Kier molecular flexibility index (Phi) is 7.83. The van der Waals surface area contributed by atoms with E-state index < -0.39 is 41.0 Å². The van der Waals surface area contributed by atoms with Gasteiger partial charge in [-0.25, -0.2) is 9.18 Å². The normalized spacial score (nSPS) is 17.5. The summed E-state index contributed by atoms with van der Waals surface area (Å²) < 4.78 is 20.2. The van der Waals surface area contributed by atoms with E-state index in [4.69, 9.17) is 4.74 Å². The lowest BCUT2D eigenvalue weighted by Crippen LogP contribution is -2.49. The third kappa shape index (κ3) is 5.95. The van der Waals surface area contributed by atoms with Crippen molar-refractivity contribution in [1.82, 2.24) is 10.6 Å². The molecule has 192 valence electrons. The molecule has 4 rings (SSSR count). The molecule has 0 spiro atoms. The van der Waals surface area contributed by atoms with Crippen LogP contribution >= 0.6 is 0 Å². The molecule has 0 radical (unpaired) electrons. The Morgan fingerprint density at radius 2 is 1.59 bits per heavy atom. The summed E-state index contributed by atoms with van der Waals surface area (Å²) in [5, 5.41) is 25.5. The minimum absolute atomic E-state index is 0.0491. The molecule has 1 heterocycles. The molecule has 9 heteroatoms. The number of ketones is 1. The zero-order chi connectivity index (χ0) is 26.5. The molecule has 3 aromatic carbocycles. The predicted octanol–water partition coefficient (Wildman–Crippen LogP) is 3.48. The predicted molar refractivity (Wildman–Crippen MR) is 133 cm³/mol. The summed E-state index contributed by atoms with van der Waals surface area (Å²) in [5.41, 5.74) is 0.462. The number of rotatable bonds is 6. The molecule has 1 aliphatic rings. The molecule has 0 bridgehead atoms. The number of halogens is 1. The fourth-order valence-corrected chi connectivity index (χ4v) is 4.16. The number of amides is 1. The number of aromatic hydroxyl groups is 2. The highest BCUT2D eigenvalue weighted by Gasteiger charge is 2.29. The lowest BCUT2D eigenvalue weighted by Gasteiger charge is -2.26. The number of ether oxygens (including phenoxy) is 1. The van der Waals surface area contributed by atoms with Crippen LogP contribution in [-0.2, 0) is 4.74 Å². The number of nitrogens with one attached hydrogen (secondary N) is 2. The molecule has 1 amide bonds. The molecule has 0 aromatic heterocycles. The van der Waals surface area contributed by atoms with Crippen molar-refractivity contribution in [2.45, 2.75) is 31.9 Å². The van der Waals surface area contributed by atoms with E-state index in [2.05, 4.69) is 10.6 Å². The van der Waals surface area contributed by atoms with E-state index in [1.807, 2.05) is 0 Å². The third-order valence-corrected chi connectivity index (χ3v) is 6.28. The SMILES string of the molecule is Cc1ccc(O)c(C(=O)c2ccc(C(=O)O[C@@H]3CCCNC[C@H]3NC(=O)c3ccc(O)cc3)cc2)c1F. The van der Waals surface area contributed by atoms with Crippen molar-refractivity contribution >= 4 is 17.7 Å². The van der Waals surface area contributed by atoms with E-state index in [9.17, 15) is 29.0 Å². The van der Waals surface area contributed by atoms with Crippen LogP contribution in [0.5, 0.6) is 11.5 Å². The average Bonchev–Trinajstić information content (AvgIpc) is 3.11. The summed E-state index contributed by atoms with van der Waals surface area (Å²) in [4.78, 5) is 38.4. The van der Waals surface area contributed by atoms with Gasteiger partial charge in [0, 0.05) is 17.7 Å². The molecular weight excluding hydrogens is 479 g/mol. The largest absolute Gasteiger partial charge is 0.508 e. The molecule has 3 aromatic rings. The lowest BCUT2D eigenvalue weighted by atomic mass is 9.99. The zero-order valence-corrected chi connectivity index (χ0v) is 20.2. The van der Waals surface area contributed by atoms with E-state index in [1.54, 1.807) is 0 Å². The molecule has 2 atom stereocenters. The molecule has 0 aliphatic carbocycles. The first-order chi connectivity index (χ1) is 17.7. The van der Waals surface area contributed by atoms with Gasteiger partial charge in [-0.2, -0.15) is 0 Å². The average molecular weight is 507 g/mol. The second-order valence-corrected chi connectivity index (χ2v) is 8.91. The van der Waals surface area contributed by atoms with Crippen molar-refractivity contribution in [3.05, 3.63) is 94.3 Å². The quantitative estimate of drug-likeness (QED) is 0.298. The number of phenols is 2. The zero-order valence-electron chi connectivity index (χ0n) is 20.2.